The maximum absolute atomic E-state index is 13.0. The molecule has 5 aromatic carbocycles. The monoisotopic (exact) mass is 533 g/mol. The molecule has 0 aliphatic carbocycles. The number of aryl methyl sites for hydroxylation is 1. The largest absolute Gasteiger partial charge is 0.335 e. The predicted octanol–water partition coefficient (Wildman–Crippen LogP) is 9.58. The summed E-state index contributed by atoms with van der Waals surface area (Å²) in [4.78, 5) is 15.0. The molecule has 1 amide bonds. The lowest BCUT2D eigenvalue weighted by Crippen LogP contribution is -2.40. The first-order chi connectivity index (χ1) is 19.0. The summed E-state index contributed by atoms with van der Waals surface area (Å²) in [6.45, 7) is 4.49. The highest BCUT2D eigenvalue weighted by Gasteiger charge is 2.27. The van der Waals surface area contributed by atoms with E-state index in [2.05, 4.69) is 104 Å². The fourth-order valence-corrected chi connectivity index (χ4v) is 5.90. The highest BCUT2D eigenvalue weighted by atomic mass is 35.5. The Morgan fingerprint density at radius 1 is 0.718 bits per heavy atom. The molecule has 0 radical (unpaired) electrons. The molecule has 5 aromatic rings. The van der Waals surface area contributed by atoms with Crippen molar-refractivity contribution in [3.63, 3.8) is 0 Å². The van der Waals surface area contributed by atoms with E-state index in [-0.39, 0.29) is 17.9 Å². The molecular formula is C36H36ClNO. The van der Waals surface area contributed by atoms with Crippen molar-refractivity contribution < 1.29 is 4.79 Å². The number of hydrogen-bond acceptors (Lipinski definition) is 1. The first kappa shape index (κ1) is 27.0. The summed E-state index contributed by atoms with van der Waals surface area (Å²) < 4.78 is 0. The quantitative estimate of drug-likeness (QED) is 0.164. The maximum atomic E-state index is 13.0. The van der Waals surface area contributed by atoms with E-state index in [0.717, 1.165) is 36.3 Å². The minimum absolute atomic E-state index is 0.0517. The molecule has 198 valence electrons. The van der Waals surface area contributed by atoms with E-state index >= 15 is 0 Å². The van der Waals surface area contributed by atoms with Gasteiger partial charge in [-0.05, 0) is 82.6 Å². The summed E-state index contributed by atoms with van der Waals surface area (Å²) in [5.41, 5.74) is 3.77. The molecule has 0 heterocycles. The van der Waals surface area contributed by atoms with Gasteiger partial charge < -0.3 is 4.90 Å². The summed E-state index contributed by atoms with van der Waals surface area (Å²) in [6.07, 6.45) is 4.27. The minimum Gasteiger partial charge on any atom is -0.335 e. The SMILES string of the molecule is CC(=O)N(Cc1ccc2ccccc2c1)C(C)C(CCCCc1ccc2ccccc2c1)c1ccc(Cl)cc1. The van der Waals surface area contributed by atoms with Crippen LogP contribution in [0.15, 0.2) is 109 Å². The van der Waals surface area contributed by atoms with Gasteiger partial charge in [0.05, 0.1) is 0 Å². The van der Waals surface area contributed by atoms with E-state index in [4.69, 9.17) is 11.6 Å². The molecule has 0 bridgehead atoms. The second kappa shape index (κ2) is 12.5. The third kappa shape index (κ3) is 6.69. The number of carbonyl (C=O) groups is 1. The standard InChI is InChI=1S/C36H36ClNO/c1-26(38(27(2)39)25-29-16-18-31-11-5-7-13-34(31)24-29)36(32-19-21-35(37)22-20-32)14-8-3-9-28-15-17-30-10-4-6-12-33(30)23-28/h4-7,10-13,15-24,26,36H,3,8-9,14,25H2,1-2H3. The van der Waals surface area contributed by atoms with Crippen molar-refractivity contribution in [2.45, 2.75) is 58.0 Å². The van der Waals surface area contributed by atoms with Crippen LogP contribution in [0.1, 0.15) is 55.7 Å². The minimum atomic E-state index is 0.0517. The molecule has 0 saturated heterocycles. The molecule has 0 N–H and O–H groups in total. The Kier molecular flexibility index (Phi) is 8.64. The number of benzene rings is 5. The zero-order chi connectivity index (χ0) is 27.2. The van der Waals surface area contributed by atoms with Crippen molar-refractivity contribution in [1.29, 1.82) is 0 Å². The molecule has 2 unspecified atom stereocenters. The van der Waals surface area contributed by atoms with Crippen LogP contribution >= 0.6 is 11.6 Å². The van der Waals surface area contributed by atoms with Crippen molar-refractivity contribution >= 4 is 39.1 Å². The van der Waals surface area contributed by atoms with Crippen LogP contribution in [0.4, 0.5) is 0 Å². The molecule has 3 heteroatoms. The summed E-state index contributed by atoms with van der Waals surface area (Å²) >= 11 is 6.24. The zero-order valence-electron chi connectivity index (χ0n) is 22.8. The molecule has 0 spiro atoms. The van der Waals surface area contributed by atoms with E-state index in [1.165, 1.54) is 32.7 Å². The Balaban J connectivity index is 1.31. The molecular weight excluding hydrogens is 498 g/mol. The average Bonchev–Trinajstić information content (AvgIpc) is 2.96. The first-order valence-corrected chi connectivity index (χ1v) is 14.3. The molecule has 39 heavy (non-hydrogen) atoms. The van der Waals surface area contributed by atoms with Gasteiger partial charge in [0.2, 0.25) is 5.91 Å². The summed E-state index contributed by atoms with van der Waals surface area (Å²) in [7, 11) is 0. The molecule has 0 aromatic heterocycles. The van der Waals surface area contributed by atoms with Gasteiger partial charge in [0.1, 0.15) is 0 Å². The van der Waals surface area contributed by atoms with Crippen LogP contribution in [-0.2, 0) is 17.8 Å². The Hall–Kier alpha value is -3.62. The van der Waals surface area contributed by atoms with Crippen LogP contribution in [0.5, 0.6) is 0 Å². The van der Waals surface area contributed by atoms with Gasteiger partial charge in [-0.2, -0.15) is 0 Å². The second-order valence-electron chi connectivity index (χ2n) is 10.7. The lowest BCUT2D eigenvalue weighted by Gasteiger charge is -2.35. The van der Waals surface area contributed by atoms with Crippen molar-refractivity contribution in [2.75, 3.05) is 0 Å². The molecule has 5 rings (SSSR count). The number of amides is 1. The average molecular weight is 534 g/mol. The van der Waals surface area contributed by atoms with Crippen molar-refractivity contribution in [2.24, 2.45) is 0 Å². The van der Waals surface area contributed by atoms with Crippen molar-refractivity contribution in [3.8, 4) is 0 Å². The predicted molar refractivity (Wildman–Crippen MR) is 165 cm³/mol. The summed E-state index contributed by atoms with van der Waals surface area (Å²) in [5, 5.41) is 5.74. The van der Waals surface area contributed by atoms with Crippen LogP contribution in [-0.4, -0.2) is 16.8 Å². The van der Waals surface area contributed by atoms with Gasteiger partial charge in [-0.25, -0.2) is 0 Å². The van der Waals surface area contributed by atoms with E-state index in [0.29, 0.717) is 6.54 Å². The van der Waals surface area contributed by atoms with Gasteiger partial charge in [0.15, 0.2) is 0 Å². The first-order valence-electron chi connectivity index (χ1n) is 14.0. The van der Waals surface area contributed by atoms with E-state index in [1.54, 1.807) is 6.92 Å². The molecule has 0 aliphatic heterocycles. The molecule has 2 atom stereocenters. The fourth-order valence-electron chi connectivity index (χ4n) is 5.78. The second-order valence-corrected chi connectivity index (χ2v) is 11.1. The highest BCUT2D eigenvalue weighted by molar-refractivity contribution is 6.30. The molecule has 0 fully saturated rings. The van der Waals surface area contributed by atoms with Gasteiger partial charge >= 0.3 is 0 Å². The van der Waals surface area contributed by atoms with Crippen LogP contribution < -0.4 is 0 Å². The Morgan fingerprint density at radius 2 is 1.28 bits per heavy atom. The van der Waals surface area contributed by atoms with Gasteiger partial charge in [-0.15, -0.1) is 0 Å². The number of nitrogens with zero attached hydrogens (tertiary/aromatic N) is 1. The van der Waals surface area contributed by atoms with Crippen molar-refractivity contribution in [1.82, 2.24) is 4.90 Å². The van der Waals surface area contributed by atoms with Crippen LogP contribution in [0.2, 0.25) is 5.02 Å². The van der Waals surface area contributed by atoms with Gasteiger partial charge in [-0.3, -0.25) is 4.79 Å². The Bertz CT molecular complexity index is 1560. The van der Waals surface area contributed by atoms with E-state index in [9.17, 15) is 4.79 Å². The number of halogens is 1. The number of hydrogen-bond donors (Lipinski definition) is 0. The third-order valence-corrected chi connectivity index (χ3v) is 8.24. The van der Waals surface area contributed by atoms with Crippen molar-refractivity contribution in [3.05, 3.63) is 131 Å². The lowest BCUT2D eigenvalue weighted by atomic mass is 9.86. The topological polar surface area (TPSA) is 20.3 Å². The number of fused-ring (bicyclic) bond motifs is 2. The number of unbranched alkanes of at least 4 members (excludes halogenated alkanes) is 1. The molecule has 0 saturated carbocycles. The van der Waals surface area contributed by atoms with Gasteiger partial charge in [0, 0.05) is 30.5 Å². The van der Waals surface area contributed by atoms with Crippen LogP contribution in [0.3, 0.4) is 0 Å². The smallest absolute Gasteiger partial charge is 0.220 e. The van der Waals surface area contributed by atoms with Gasteiger partial charge in [-0.1, -0.05) is 109 Å². The number of carbonyl (C=O) groups excluding carboxylic acids is 1. The summed E-state index contributed by atoms with van der Waals surface area (Å²) in [5.74, 6) is 0.328. The normalized spacial score (nSPS) is 12.9. The third-order valence-electron chi connectivity index (χ3n) is 7.99. The Labute approximate surface area is 237 Å². The van der Waals surface area contributed by atoms with Crippen LogP contribution in [0, 0.1) is 0 Å². The zero-order valence-corrected chi connectivity index (χ0v) is 23.6. The molecule has 0 aliphatic rings. The van der Waals surface area contributed by atoms with E-state index < -0.39 is 0 Å². The van der Waals surface area contributed by atoms with E-state index in [1.807, 2.05) is 17.0 Å². The fraction of sp³-hybridized carbons (Fsp3) is 0.250. The van der Waals surface area contributed by atoms with Gasteiger partial charge in [0.25, 0.3) is 0 Å². The molecule has 2 nitrogen and oxygen atoms in total. The number of rotatable bonds is 10. The lowest BCUT2D eigenvalue weighted by molar-refractivity contribution is -0.132. The Morgan fingerprint density at radius 3 is 1.90 bits per heavy atom. The summed E-state index contributed by atoms with van der Waals surface area (Å²) in [6, 6.07) is 38.4. The van der Waals surface area contributed by atoms with Crippen LogP contribution in [0.25, 0.3) is 21.5 Å². The highest BCUT2D eigenvalue weighted by Crippen LogP contribution is 2.32. The maximum Gasteiger partial charge on any atom is 0.220 e.